The number of hydrogen-bond acceptors (Lipinski definition) is 4. The van der Waals surface area contributed by atoms with Gasteiger partial charge in [0.25, 0.3) is 0 Å². The van der Waals surface area contributed by atoms with Crippen molar-refractivity contribution in [3.05, 3.63) is 29.3 Å². The van der Waals surface area contributed by atoms with Crippen molar-refractivity contribution in [1.29, 1.82) is 0 Å². The van der Waals surface area contributed by atoms with Crippen molar-refractivity contribution in [1.82, 2.24) is 5.32 Å². The molecule has 3 nitrogen and oxygen atoms in total. The smallest absolute Gasteiger partial charge is 0.453 e. The first-order valence-corrected chi connectivity index (χ1v) is 17.3. The summed E-state index contributed by atoms with van der Waals surface area (Å²) in [4.78, 5) is 0. The summed E-state index contributed by atoms with van der Waals surface area (Å²) in [7, 11) is 0. The number of thioether (sulfide) groups is 1. The highest BCUT2D eigenvalue weighted by atomic mass is 32.2. The Morgan fingerprint density at radius 3 is 2.40 bits per heavy atom. The minimum atomic E-state index is -5.44. The van der Waals surface area contributed by atoms with Crippen molar-refractivity contribution >= 4 is 11.8 Å². The van der Waals surface area contributed by atoms with Gasteiger partial charge in [-0.25, -0.2) is 0 Å². The van der Waals surface area contributed by atoms with Gasteiger partial charge in [0.15, 0.2) is 0 Å². The van der Waals surface area contributed by atoms with Crippen molar-refractivity contribution in [2.75, 3.05) is 24.6 Å². The first kappa shape index (κ1) is 33.8. The van der Waals surface area contributed by atoms with E-state index in [-0.39, 0.29) is 17.9 Å². The molecule has 0 saturated heterocycles. The zero-order valence-electron chi connectivity index (χ0n) is 25.0. The van der Waals surface area contributed by atoms with Crippen LogP contribution in [0.3, 0.4) is 0 Å². The van der Waals surface area contributed by atoms with E-state index in [1.54, 1.807) is 0 Å². The second-order valence-electron chi connectivity index (χ2n) is 13.4. The van der Waals surface area contributed by atoms with Crippen molar-refractivity contribution in [3.63, 3.8) is 0 Å². The summed E-state index contributed by atoms with van der Waals surface area (Å²) in [5.41, 5.74) is 2.77. The molecule has 1 aromatic carbocycles. The quantitative estimate of drug-likeness (QED) is 0.128. The summed E-state index contributed by atoms with van der Waals surface area (Å²) in [5.74, 6) is -0.815. The molecule has 0 bridgehead atoms. The predicted octanol–water partition coefficient (Wildman–Crippen LogP) is 8.87. The largest absolute Gasteiger partial charge is 0.508 e. The number of nitrogens with one attached hydrogen (secondary N) is 1. The Bertz CT molecular complexity index is 992. The lowest BCUT2D eigenvalue weighted by Gasteiger charge is -2.53. The van der Waals surface area contributed by atoms with Gasteiger partial charge in [-0.2, -0.15) is 33.7 Å². The molecule has 3 N–H and O–H groups in total. The van der Waals surface area contributed by atoms with Crippen LogP contribution in [0.25, 0.3) is 0 Å². The Hall–Kier alpha value is -1.06. The molecule has 0 aromatic heterocycles. The Morgan fingerprint density at radius 2 is 1.64 bits per heavy atom. The molecule has 0 heterocycles. The van der Waals surface area contributed by atoms with Gasteiger partial charge in [-0.1, -0.05) is 38.7 Å². The Kier molecular flexibility index (Phi) is 11.9. The molecule has 0 radical (unpaired) electrons. The topological polar surface area (TPSA) is 52.5 Å². The summed E-state index contributed by atoms with van der Waals surface area (Å²) >= 11 is 1.47. The second-order valence-corrected chi connectivity index (χ2v) is 14.6. The molecule has 0 aliphatic heterocycles. The van der Waals surface area contributed by atoms with Gasteiger partial charge in [0.05, 0.1) is 6.10 Å². The van der Waals surface area contributed by atoms with E-state index < -0.39 is 18.5 Å². The Balaban J connectivity index is 1.08. The number of phenolic OH excluding ortho intramolecular Hbond substituents is 1. The third-order valence-corrected chi connectivity index (χ3v) is 11.8. The third-order valence-electron chi connectivity index (χ3n) is 10.6. The molecule has 42 heavy (non-hydrogen) atoms. The first-order valence-electron chi connectivity index (χ1n) is 16.2. The van der Waals surface area contributed by atoms with Crippen LogP contribution < -0.4 is 5.32 Å². The minimum absolute atomic E-state index is 0.0360. The van der Waals surface area contributed by atoms with Gasteiger partial charge < -0.3 is 15.5 Å². The van der Waals surface area contributed by atoms with Crippen molar-refractivity contribution in [2.45, 2.75) is 121 Å². The molecule has 4 unspecified atom stereocenters. The van der Waals surface area contributed by atoms with Gasteiger partial charge in [-0.05, 0) is 135 Å². The lowest BCUT2D eigenvalue weighted by Crippen LogP contribution is -2.47. The summed E-state index contributed by atoms with van der Waals surface area (Å²) in [6.45, 7) is 4.30. The molecule has 3 aliphatic rings. The van der Waals surface area contributed by atoms with Gasteiger partial charge in [-0.15, -0.1) is 0 Å². The van der Waals surface area contributed by atoms with Crippen LogP contribution in [0.15, 0.2) is 18.2 Å². The SMILES string of the molecule is C[C@]12CCC3c4ccc(O)cc4CC(CCNCCCCCCCCSCCCC(F)(F)C(F)(F)F)C3C1CC[C@@H]2O. The predicted molar refractivity (Wildman–Crippen MR) is 160 cm³/mol. The standard InChI is InChI=1S/C33H50F5NO2S/c1-31-16-13-27-26-10-9-25(40)22-24(26)21-23(30(27)28(31)11-12-29(31)41)14-18-39-17-6-4-2-3-5-7-19-42-20-8-15-32(34,35)33(36,37)38/h9-10,22-23,27-30,39-41H,2-8,11-21H2,1H3/t23?,27?,28?,29-,30?,31-/m0/s1. The molecule has 0 amide bonds. The van der Waals surface area contributed by atoms with E-state index in [4.69, 9.17) is 0 Å². The zero-order chi connectivity index (χ0) is 30.4. The molecule has 1 aromatic rings. The number of halogens is 5. The molecule has 240 valence electrons. The number of hydrogen-bond donors (Lipinski definition) is 3. The van der Waals surface area contributed by atoms with Crippen LogP contribution in [0.2, 0.25) is 0 Å². The number of aliphatic hydroxyl groups excluding tert-OH is 1. The maximum Gasteiger partial charge on any atom is 0.453 e. The highest BCUT2D eigenvalue weighted by Crippen LogP contribution is 2.62. The number of benzene rings is 1. The molecule has 9 heteroatoms. The van der Waals surface area contributed by atoms with Crippen LogP contribution in [0.5, 0.6) is 5.75 Å². The molecule has 0 spiro atoms. The number of fused-ring (bicyclic) bond motifs is 5. The van der Waals surface area contributed by atoms with E-state index in [0.29, 0.717) is 35.2 Å². The fraction of sp³-hybridized carbons (Fsp3) is 0.818. The fourth-order valence-corrected chi connectivity index (χ4v) is 9.21. The monoisotopic (exact) mass is 619 g/mol. The number of alkyl halides is 5. The number of phenols is 1. The normalized spacial score (nSPS) is 29.3. The van der Waals surface area contributed by atoms with Gasteiger partial charge in [0.1, 0.15) is 5.75 Å². The molecule has 2 saturated carbocycles. The van der Waals surface area contributed by atoms with Gasteiger partial charge >= 0.3 is 12.1 Å². The number of aliphatic hydroxyl groups is 1. The first-order chi connectivity index (χ1) is 19.9. The Morgan fingerprint density at radius 1 is 0.929 bits per heavy atom. The third kappa shape index (κ3) is 8.15. The highest BCUT2D eigenvalue weighted by molar-refractivity contribution is 7.99. The minimum Gasteiger partial charge on any atom is -0.508 e. The van der Waals surface area contributed by atoms with Crippen LogP contribution in [0.4, 0.5) is 22.0 Å². The molecule has 6 atom stereocenters. The van der Waals surface area contributed by atoms with Gasteiger partial charge in [0, 0.05) is 6.42 Å². The van der Waals surface area contributed by atoms with E-state index in [0.717, 1.165) is 95.9 Å². The zero-order valence-corrected chi connectivity index (χ0v) is 25.9. The second kappa shape index (κ2) is 14.8. The van der Waals surface area contributed by atoms with E-state index >= 15 is 0 Å². The van der Waals surface area contributed by atoms with E-state index in [1.165, 1.54) is 22.9 Å². The molecular formula is C33H50F5NO2S. The van der Waals surface area contributed by atoms with E-state index in [2.05, 4.69) is 18.3 Å². The van der Waals surface area contributed by atoms with Crippen LogP contribution >= 0.6 is 11.8 Å². The summed E-state index contributed by atoms with van der Waals surface area (Å²) in [5, 5.41) is 24.7. The molecule has 4 rings (SSSR count). The van der Waals surface area contributed by atoms with Crippen LogP contribution in [-0.2, 0) is 6.42 Å². The van der Waals surface area contributed by atoms with Crippen molar-refractivity contribution in [2.24, 2.45) is 23.2 Å². The number of unbranched alkanes of at least 4 members (excludes halogenated alkanes) is 5. The van der Waals surface area contributed by atoms with Crippen molar-refractivity contribution < 1.29 is 32.2 Å². The van der Waals surface area contributed by atoms with Gasteiger partial charge in [-0.3, -0.25) is 0 Å². The lowest BCUT2D eigenvalue weighted by molar-refractivity contribution is -0.284. The average molecular weight is 620 g/mol. The summed E-state index contributed by atoms with van der Waals surface area (Å²) in [6, 6.07) is 5.96. The maximum absolute atomic E-state index is 12.9. The fourth-order valence-electron chi connectivity index (χ4n) is 8.24. The number of rotatable bonds is 16. The van der Waals surface area contributed by atoms with Crippen LogP contribution in [0.1, 0.15) is 107 Å². The summed E-state index contributed by atoms with van der Waals surface area (Å²) in [6.07, 6.45) is 6.09. The van der Waals surface area contributed by atoms with Gasteiger partial charge in [0.2, 0.25) is 0 Å². The highest BCUT2D eigenvalue weighted by Gasteiger charge is 2.57. The van der Waals surface area contributed by atoms with Crippen LogP contribution in [0, 0.1) is 23.2 Å². The number of aromatic hydroxyl groups is 1. The Labute approximate surface area is 252 Å². The van der Waals surface area contributed by atoms with E-state index in [9.17, 15) is 32.2 Å². The average Bonchev–Trinajstić information content (AvgIpc) is 3.23. The van der Waals surface area contributed by atoms with Crippen LogP contribution in [-0.4, -0.2) is 53.0 Å². The van der Waals surface area contributed by atoms with E-state index in [1.807, 2.05) is 12.1 Å². The molecular weight excluding hydrogens is 569 g/mol. The molecule has 2 fully saturated rings. The van der Waals surface area contributed by atoms with Crippen molar-refractivity contribution in [3.8, 4) is 5.75 Å². The maximum atomic E-state index is 12.9. The molecule has 3 aliphatic carbocycles. The lowest BCUT2D eigenvalue weighted by atomic mass is 9.52. The summed E-state index contributed by atoms with van der Waals surface area (Å²) < 4.78 is 62.3.